The SMILES string of the molecule is CCC(C)(CN)C1(O)CCc2ccccc2C1. The predicted octanol–water partition coefficient (Wildman–Crippen LogP) is 2.28. The Kier molecular flexibility index (Phi) is 3.28. The summed E-state index contributed by atoms with van der Waals surface area (Å²) in [5.41, 5.74) is 7.73. The van der Waals surface area contributed by atoms with Crippen LogP contribution in [0.3, 0.4) is 0 Å². The van der Waals surface area contributed by atoms with Crippen LogP contribution in [-0.2, 0) is 12.8 Å². The van der Waals surface area contributed by atoms with Gasteiger partial charge in [0.2, 0.25) is 0 Å². The van der Waals surface area contributed by atoms with Gasteiger partial charge in [-0.2, -0.15) is 0 Å². The van der Waals surface area contributed by atoms with Gasteiger partial charge in [-0.25, -0.2) is 0 Å². The van der Waals surface area contributed by atoms with Gasteiger partial charge in [0.05, 0.1) is 5.60 Å². The van der Waals surface area contributed by atoms with E-state index in [2.05, 4.69) is 38.1 Å². The quantitative estimate of drug-likeness (QED) is 0.841. The van der Waals surface area contributed by atoms with Crippen LogP contribution in [0, 0.1) is 5.41 Å². The largest absolute Gasteiger partial charge is 0.389 e. The van der Waals surface area contributed by atoms with Crippen LogP contribution in [0.1, 0.15) is 37.8 Å². The molecule has 17 heavy (non-hydrogen) atoms. The molecule has 2 atom stereocenters. The van der Waals surface area contributed by atoms with Crippen molar-refractivity contribution in [1.29, 1.82) is 0 Å². The highest BCUT2D eigenvalue weighted by Gasteiger charge is 2.46. The zero-order chi connectivity index (χ0) is 12.5. The van der Waals surface area contributed by atoms with Crippen molar-refractivity contribution in [3.05, 3.63) is 35.4 Å². The summed E-state index contributed by atoms with van der Waals surface area (Å²) in [6.45, 7) is 4.77. The lowest BCUT2D eigenvalue weighted by molar-refractivity contribution is -0.0836. The molecule has 0 saturated heterocycles. The molecule has 0 bridgehead atoms. The molecule has 0 aromatic heterocycles. The monoisotopic (exact) mass is 233 g/mol. The Hall–Kier alpha value is -0.860. The third kappa shape index (κ3) is 2.00. The first-order chi connectivity index (χ1) is 8.04. The molecule has 2 unspecified atom stereocenters. The predicted molar refractivity (Wildman–Crippen MR) is 70.9 cm³/mol. The fourth-order valence-corrected chi connectivity index (χ4v) is 2.90. The molecule has 1 aliphatic carbocycles. The molecule has 0 aliphatic heterocycles. The van der Waals surface area contributed by atoms with Crippen LogP contribution in [-0.4, -0.2) is 17.3 Å². The summed E-state index contributed by atoms with van der Waals surface area (Å²) < 4.78 is 0. The first kappa shape index (κ1) is 12.6. The van der Waals surface area contributed by atoms with Crippen LogP contribution in [0.15, 0.2) is 24.3 Å². The van der Waals surface area contributed by atoms with Crippen LogP contribution < -0.4 is 5.73 Å². The number of rotatable bonds is 3. The maximum atomic E-state index is 11.0. The summed E-state index contributed by atoms with van der Waals surface area (Å²) >= 11 is 0. The third-order valence-electron chi connectivity index (χ3n) is 4.76. The molecule has 1 aromatic carbocycles. The minimum absolute atomic E-state index is 0.180. The maximum Gasteiger partial charge on any atom is 0.0756 e. The van der Waals surface area contributed by atoms with Gasteiger partial charge in [-0.05, 0) is 30.4 Å². The van der Waals surface area contributed by atoms with E-state index in [9.17, 15) is 5.11 Å². The molecular formula is C15H23NO. The first-order valence-corrected chi connectivity index (χ1v) is 6.54. The standard InChI is InChI=1S/C15H23NO/c1-3-14(2,11-16)15(17)9-8-12-6-4-5-7-13(12)10-15/h4-7,17H,3,8-11,16H2,1-2H3. The van der Waals surface area contributed by atoms with Gasteiger partial charge < -0.3 is 10.8 Å². The molecule has 3 N–H and O–H groups in total. The van der Waals surface area contributed by atoms with E-state index in [0.29, 0.717) is 6.54 Å². The van der Waals surface area contributed by atoms with E-state index < -0.39 is 5.60 Å². The highest BCUT2D eigenvalue weighted by atomic mass is 16.3. The van der Waals surface area contributed by atoms with Gasteiger partial charge in [0.25, 0.3) is 0 Å². The molecule has 1 aromatic rings. The Bertz CT molecular complexity index is 398. The lowest BCUT2D eigenvalue weighted by Gasteiger charge is -2.47. The van der Waals surface area contributed by atoms with E-state index in [0.717, 1.165) is 25.7 Å². The number of aliphatic hydroxyl groups is 1. The molecule has 2 heteroatoms. The zero-order valence-corrected chi connectivity index (χ0v) is 10.9. The van der Waals surface area contributed by atoms with Gasteiger partial charge in [0.15, 0.2) is 0 Å². The fourth-order valence-electron chi connectivity index (χ4n) is 2.90. The summed E-state index contributed by atoms with van der Waals surface area (Å²) in [5.74, 6) is 0. The Morgan fingerprint density at radius 1 is 1.35 bits per heavy atom. The summed E-state index contributed by atoms with van der Waals surface area (Å²) in [6, 6.07) is 8.42. The smallest absolute Gasteiger partial charge is 0.0756 e. The summed E-state index contributed by atoms with van der Waals surface area (Å²) in [4.78, 5) is 0. The third-order valence-corrected chi connectivity index (χ3v) is 4.76. The first-order valence-electron chi connectivity index (χ1n) is 6.54. The van der Waals surface area contributed by atoms with Crippen LogP contribution in [0.2, 0.25) is 0 Å². The van der Waals surface area contributed by atoms with Crippen molar-refractivity contribution >= 4 is 0 Å². The van der Waals surface area contributed by atoms with Gasteiger partial charge in [-0.15, -0.1) is 0 Å². The van der Waals surface area contributed by atoms with Crippen LogP contribution in [0.25, 0.3) is 0 Å². The summed E-state index contributed by atoms with van der Waals surface area (Å²) in [5, 5.41) is 11.0. The average molecular weight is 233 g/mol. The minimum Gasteiger partial charge on any atom is -0.389 e. The lowest BCUT2D eigenvalue weighted by atomic mass is 9.63. The second-order valence-corrected chi connectivity index (χ2v) is 5.60. The Balaban J connectivity index is 2.32. The second kappa shape index (κ2) is 4.43. The molecule has 2 nitrogen and oxygen atoms in total. The van der Waals surface area contributed by atoms with Crippen molar-refractivity contribution < 1.29 is 5.11 Å². The molecule has 0 spiro atoms. The zero-order valence-electron chi connectivity index (χ0n) is 10.9. The highest BCUT2D eigenvalue weighted by molar-refractivity contribution is 5.32. The van der Waals surface area contributed by atoms with E-state index in [-0.39, 0.29) is 5.41 Å². The number of benzene rings is 1. The van der Waals surface area contributed by atoms with Crippen molar-refractivity contribution in [3.63, 3.8) is 0 Å². The molecule has 1 aliphatic rings. The molecule has 94 valence electrons. The Labute approximate surface area is 104 Å². The van der Waals surface area contributed by atoms with E-state index >= 15 is 0 Å². The minimum atomic E-state index is -0.648. The number of hydrogen-bond acceptors (Lipinski definition) is 2. The molecular weight excluding hydrogens is 210 g/mol. The van der Waals surface area contributed by atoms with E-state index in [1.165, 1.54) is 11.1 Å². The normalized spacial score (nSPS) is 27.3. The molecule has 2 rings (SSSR count). The van der Waals surface area contributed by atoms with Gasteiger partial charge >= 0.3 is 0 Å². The molecule has 0 radical (unpaired) electrons. The molecule has 0 saturated carbocycles. The van der Waals surface area contributed by atoms with Gasteiger partial charge in [-0.3, -0.25) is 0 Å². The number of hydrogen-bond donors (Lipinski definition) is 2. The topological polar surface area (TPSA) is 46.2 Å². The van der Waals surface area contributed by atoms with Crippen molar-refractivity contribution in [2.75, 3.05) is 6.54 Å². The number of fused-ring (bicyclic) bond motifs is 1. The van der Waals surface area contributed by atoms with E-state index in [1.807, 2.05) is 0 Å². The lowest BCUT2D eigenvalue weighted by Crippen LogP contribution is -2.53. The second-order valence-electron chi connectivity index (χ2n) is 5.60. The van der Waals surface area contributed by atoms with Crippen LogP contribution in [0.4, 0.5) is 0 Å². The summed E-state index contributed by atoms with van der Waals surface area (Å²) in [7, 11) is 0. The van der Waals surface area contributed by atoms with Crippen LogP contribution >= 0.6 is 0 Å². The number of nitrogens with two attached hydrogens (primary N) is 1. The maximum absolute atomic E-state index is 11.0. The van der Waals surface area contributed by atoms with Crippen molar-refractivity contribution in [2.24, 2.45) is 11.1 Å². The highest BCUT2D eigenvalue weighted by Crippen LogP contribution is 2.42. The Morgan fingerprint density at radius 2 is 2.00 bits per heavy atom. The van der Waals surface area contributed by atoms with Crippen molar-refractivity contribution in [3.8, 4) is 0 Å². The van der Waals surface area contributed by atoms with Gasteiger partial charge in [0.1, 0.15) is 0 Å². The van der Waals surface area contributed by atoms with Gasteiger partial charge in [-0.1, -0.05) is 38.1 Å². The fraction of sp³-hybridized carbons (Fsp3) is 0.600. The summed E-state index contributed by atoms with van der Waals surface area (Å²) in [6.07, 6.45) is 3.45. The van der Waals surface area contributed by atoms with Crippen LogP contribution in [0.5, 0.6) is 0 Å². The average Bonchev–Trinajstić information content (AvgIpc) is 2.37. The molecule has 0 heterocycles. The molecule has 0 amide bonds. The van der Waals surface area contributed by atoms with Crippen molar-refractivity contribution in [2.45, 2.75) is 45.1 Å². The van der Waals surface area contributed by atoms with Gasteiger partial charge in [0, 0.05) is 18.4 Å². The number of aryl methyl sites for hydroxylation is 1. The van der Waals surface area contributed by atoms with E-state index in [4.69, 9.17) is 5.73 Å². The van der Waals surface area contributed by atoms with Crippen molar-refractivity contribution in [1.82, 2.24) is 0 Å². The Morgan fingerprint density at radius 3 is 2.59 bits per heavy atom. The molecule has 0 fully saturated rings. The van der Waals surface area contributed by atoms with E-state index in [1.54, 1.807) is 0 Å².